The number of aliphatic hydroxyl groups is 1. The van der Waals surface area contributed by atoms with Crippen LogP contribution in [0.1, 0.15) is 0 Å². The van der Waals surface area contributed by atoms with E-state index in [2.05, 4.69) is 0 Å². The number of carboxylic acids is 1. The van der Waals surface area contributed by atoms with E-state index in [-0.39, 0.29) is 11.5 Å². The fourth-order valence-corrected chi connectivity index (χ4v) is 0.948. The molecule has 0 spiro atoms. The summed E-state index contributed by atoms with van der Waals surface area (Å²) in [6, 6.07) is 6.09. The third-order valence-electron chi connectivity index (χ3n) is 1.55. The molecule has 0 fully saturated rings. The van der Waals surface area contributed by atoms with Gasteiger partial charge in [-0.2, -0.15) is 0 Å². The third kappa shape index (κ3) is 3.58. The fraction of sp³-hybridized carbons (Fsp3) is 0.200. The molecule has 0 amide bonds. The molecule has 0 radical (unpaired) electrons. The van der Waals surface area contributed by atoms with Gasteiger partial charge in [-0.3, -0.25) is 0 Å². The topological polar surface area (TPSA) is 93.1 Å². The van der Waals surface area contributed by atoms with Gasteiger partial charge in [0.2, 0.25) is 0 Å². The number of para-hydroxylation sites is 2. The highest BCUT2D eigenvalue weighted by Crippen LogP contribution is 2.26. The second kappa shape index (κ2) is 5.72. The maximum absolute atomic E-state index is 10.8. The van der Waals surface area contributed by atoms with Gasteiger partial charge >= 0.3 is 11.9 Å². The van der Waals surface area contributed by atoms with Crippen LogP contribution in [-0.4, -0.2) is 35.4 Å². The summed E-state index contributed by atoms with van der Waals surface area (Å²) in [5.74, 6) is -1.77. The van der Waals surface area contributed by atoms with Gasteiger partial charge < -0.3 is 19.7 Å². The zero-order valence-corrected chi connectivity index (χ0v) is 8.25. The van der Waals surface area contributed by atoms with Crippen LogP contribution in [0.4, 0.5) is 0 Å². The lowest BCUT2D eigenvalue weighted by molar-refractivity contribution is -0.139. The van der Waals surface area contributed by atoms with E-state index in [1.165, 1.54) is 12.1 Å². The molecule has 0 aromatic heterocycles. The molecule has 6 nitrogen and oxygen atoms in total. The highest BCUT2D eigenvalue weighted by Gasteiger charge is 2.09. The standard InChI is InChI=1S/C10H10O6/c11-5-10(14)16-8-4-2-1-3-7(8)15-6-9(12)13/h1-4,11H,5-6H2,(H,12,13). The Balaban J connectivity index is 2.74. The number of esters is 1. The lowest BCUT2D eigenvalue weighted by Gasteiger charge is -2.08. The predicted molar refractivity (Wildman–Crippen MR) is 52.3 cm³/mol. The minimum absolute atomic E-state index is 0.0720. The number of aliphatic carboxylic acids is 1. The zero-order chi connectivity index (χ0) is 12.0. The molecule has 1 aromatic carbocycles. The van der Waals surface area contributed by atoms with E-state index in [1.807, 2.05) is 0 Å². The Labute approximate surface area is 91.0 Å². The second-order valence-electron chi connectivity index (χ2n) is 2.76. The molecule has 0 saturated carbocycles. The van der Waals surface area contributed by atoms with Crippen LogP contribution in [0.25, 0.3) is 0 Å². The van der Waals surface area contributed by atoms with E-state index >= 15 is 0 Å². The Morgan fingerprint density at radius 3 is 2.38 bits per heavy atom. The molecule has 0 aliphatic rings. The molecule has 0 unspecified atom stereocenters. The molecular formula is C10H10O6. The summed E-state index contributed by atoms with van der Waals surface area (Å²) < 4.78 is 9.61. The predicted octanol–water partition coefficient (Wildman–Crippen LogP) is 0.0477. The van der Waals surface area contributed by atoms with Crippen molar-refractivity contribution in [2.75, 3.05) is 13.2 Å². The molecule has 1 rings (SSSR count). The number of carbonyl (C=O) groups is 2. The van der Waals surface area contributed by atoms with Crippen molar-refractivity contribution in [1.29, 1.82) is 0 Å². The summed E-state index contributed by atoms with van der Waals surface area (Å²) >= 11 is 0. The lowest BCUT2D eigenvalue weighted by Crippen LogP contribution is -2.14. The van der Waals surface area contributed by atoms with Gasteiger partial charge in [0.15, 0.2) is 18.1 Å². The number of carboxylic acid groups (broad SMARTS) is 1. The van der Waals surface area contributed by atoms with Crippen molar-refractivity contribution < 1.29 is 29.3 Å². The molecular weight excluding hydrogens is 216 g/mol. The van der Waals surface area contributed by atoms with E-state index < -0.39 is 25.2 Å². The summed E-state index contributed by atoms with van der Waals surface area (Å²) in [4.78, 5) is 21.1. The number of ether oxygens (including phenoxy) is 2. The monoisotopic (exact) mass is 226 g/mol. The van der Waals surface area contributed by atoms with Crippen LogP contribution in [0, 0.1) is 0 Å². The first-order valence-corrected chi connectivity index (χ1v) is 4.38. The fourth-order valence-electron chi connectivity index (χ4n) is 0.948. The van der Waals surface area contributed by atoms with Gasteiger partial charge in [0, 0.05) is 0 Å². The van der Waals surface area contributed by atoms with Crippen molar-refractivity contribution in [2.45, 2.75) is 0 Å². The van der Waals surface area contributed by atoms with Gasteiger partial charge in [-0.25, -0.2) is 9.59 Å². The highest BCUT2D eigenvalue weighted by atomic mass is 16.6. The zero-order valence-electron chi connectivity index (χ0n) is 8.25. The smallest absolute Gasteiger partial charge is 0.341 e. The first-order chi connectivity index (χ1) is 7.63. The molecule has 86 valence electrons. The van der Waals surface area contributed by atoms with Gasteiger partial charge in [-0.1, -0.05) is 12.1 Å². The Morgan fingerprint density at radius 1 is 1.19 bits per heavy atom. The summed E-state index contributed by atoms with van der Waals surface area (Å²) in [5, 5.41) is 16.9. The van der Waals surface area contributed by atoms with Crippen molar-refractivity contribution >= 4 is 11.9 Å². The molecule has 0 atom stereocenters. The Bertz CT molecular complexity index is 387. The molecule has 0 aliphatic carbocycles. The van der Waals surface area contributed by atoms with E-state index in [9.17, 15) is 9.59 Å². The average molecular weight is 226 g/mol. The van der Waals surface area contributed by atoms with Crippen LogP contribution in [0.15, 0.2) is 24.3 Å². The second-order valence-corrected chi connectivity index (χ2v) is 2.76. The quantitative estimate of drug-likeness (QED) is 0.544. The van der Waals surface area contributed by atoms with E-state index in [0.29, 0.717) is 0 Å². The number of rotatable bonds is 5. The average Bonchev–Trinajstić information content (AvgIpc) is 2.27. The number of aliphatic hydroxyl groups excluding tert-OH is 1. The largest absolute Gasteiger partial charge is 0.479 e. The van der Waals surface area contributed by atoms with Crippen LogP contribution >= 0.6 is 0 Å². The Morgan fingerprint density at radius 2 is 1.81 bits per heavy atom. The van der Waals surface area contributed by atoms with Gasteiger partial charge in [0.25, 0.3) is 0 Å². The molecule has 0 heterocycles. The summed E-state index contributed by atoms with van der Waals surface area (Å²) in [6.45, 7) is -1.29. The third-order valence-corrected chi connectivity index (χ3v) is 1.55. The van der Waals surface area contributed by atoms with Crippen LogP contribution < -0.4 is 9.47 Å². The van der Waals surface area contributed by atoms with Crippen LogP contribution in [0.3, 0.4) is 0 Å². The first-order valence-electron chi connectivity index (χ1n) is 4.38. The van der Waals surface area contributed by atoms with Gasteiger partial charge in [0.05, 0.1) is 0 Å². The SMILES string of the molecule is O=C(O)COc1ccccc1OC(=O)CO. The molecule has 0 saturated heterocycles. The van der Waals surface area contributed by atoms with Crippen molar-refractivity contribution in [2.24, 2.45) is 0 Å². The summed E-state index contributed by atoms with van der Waals surface area (Å²) in [6.07, 6.45) is 0. The van der Waals surface area contributed by atoms with Crippen molar-refractivity contribution in [3.05, 3.63) is 24.3 Å². The first kappa shape index (κ1) is 12.0. The van der Waals surface area contributed by atoms with E-state index in [0.717, 1.165) is 0 Å². The lowest BCUT2D eigenvalue weighted by atomic mass is 10.3. The minimum Gasteiger partial charge on any atom is -0.479 e. The maximum Gasteiger partial charge on any atom is 0.341 e. The number of hydrogen-bond acceptors (Lipinski definition) is 5. The Hall–Kier alpha value is -2.08. The minimum atomic E-state index is -1.14. The van der Waals surface area contributed by atoms with Crippen LogP contribution in [-0.2, 0) is 9.59 Å². The molecule has 16 heavy (non-hydrogen) atoms. The van der Waals surface area contributed by atoms with E-state index in [1.54, 1.807) is 12.1 Å². The van der Waals surface area contributed by atoms with E-state index in [4.69, 9.17) is 19.7 Å². The molecule has 0 bridgehead atoms. The van der Waals surface area contributed by atoms with Crippen LogP contribution in [0.2, 0.25) is 0 Å². The van der Waals surface area contributed by atoms with Crippen molar-refractivity contribution in [3.63, 3.8) is 0 Å². The van der Waals surface area contributed by atoms with Crippen molar-refractivity contribution in [1.82, 2.24) is 0 Å². The Kier molecular flexibility index (Phi) is 4.28. The summed E-state index contributed by atoms with van der Waals surface area (Å²) in [7, 11) is 0. The molecule has 1 aromatic rings. The van der Waals surface area contributed by atoms with Gasteiger partial charge in [0.1, 0.15) is 6.61 Å². The molecule has 0 aliphatic heterocycles. The van der Waals surface area contributed by atoms with Crippen molar-refractivity contribution in [3.8, 4) is 11.5 Å². The number of carbonyl (C=O) groups excluding carboxylic acids is 1. The maximum atomic E-state index is 10.8. The normalized spacial score (nSPS) is 9.56. The molecule has 2 N–H and O–H groups in total. The highest BCUT2D eigenvalue weighted by molar-refractivity contribution is 5.74. The number of hydrogen-bond donors (Lipinski definition) is 2. The number of benzene rings is 1. The van der Waals surface area contributed by atoms with Gasteiger partial charge in [-0.15, -0.1) is 0 Å². The van der Waals surface area contributed by atoms with Crippen LogP contribution in [0.5, 0.6) is 11.5 Å². The summed E-state index contributed by atoms with van der Waals surface area (Å²) in [5.41, 5.74) is 0. The molecule has 6 heteroatoms. The van der Waals surface area contributed by atoms with Gasteiger partial charge in [-0.05, 0) is 12.1 Å².